The zero-order valence-electron chi connectivity index (χ0n) is 6.91. The molecule has 1 saturated heterocycles. The van der Waals surface area contributed by atoms with Gasteiger partial charge < -0.3 is 0 Å². The van der Waals surface area contributed by atoms with Gasteiger partial charge in [-0.1, -0.05) is 0 Å². The zero-order valence-corrected chi connectivity index (χ0v) is 6.91. The zero-order chi connectivity index (χ0) is 9.73. The SMILES string of the molecule is N#CC(C#N)(C#N)N1CCCNN1. The van der Waals surface area contributed by atoms with E-state index in [0.29, 0.717) is 6.54 Å². The number of hydrogen-bond donors (Lipinski definition) is 2. The van der Waals surface area contributed by atoms with E-state index in [1.54, 1.807) is 18.2 Å². The van der Waals surface area contributed by atoms with Gasteiger partial charge in [0.15, 0.2) is 0 Å². The largest absolute Gasteiger partial charge is 0.295 e. The van der Waals surface area contributed by atoms with E-state index in [-0.39, 0.29) is 0 Å². The van der Waals surface area contributed by atoms with E-state index >= 15 is 0 Å². The fraction of sp³-hybridized carbons (Fsp3) is 0.571. The van der Waals surface area contributed by atoms with Crippen molar-refractivity contribution < 1.29 is 0 Å². The maximum absolute atomic E-state index is 8.72. The first-order valence-corrected chi connectivity index (χ1v) is 3.79. The van der Waals surface area contributed by atoms with Crippen molar-refractivity contribution >= 4 is 0 Å². The van der Waals surface area contributed by atoms with E-state index in [9.17, 15) is 0 Å². The molecule has 0 radical (unpaired) electrons. The third kappa shape index (κ3) is 1.58. The highest BCUT2D eigenvalue weighted by molar-refractivity contribution is 5.33. The molecule has 0 atom stereocenters. The van der Waals surface area contributed by atoms with E-state index in [2.05, 4.69) is 11.0 Å². The second-order valence-corrected chi connectivity index (χ2v) is 2.59. The van der Waals surface area contributed by atoms with Crippen LogP contribution < -0.4 is 11.0 Å². The van der Waals surface area contributed by atoms with Crippen molar-refractivity contribution in [3.63, 3.8) is 0 Å². The van der Waals surface area contributed by atoms with E-state index in [1.807, 2.05) is 0 Å². The monoisotopic (exact) mass is 176 g/mol. The van der Waals surface area contributed by atoms with Crippen LogP contribution in [0.2, 0.25) is 0 Å². The molecule has 1 fully saturated rings. The summed E-state index contributed by atoms with van der Waals surface area (Å²) in [6.07, 6.45) is 0.791. The normalized spacial score (nSPS) is 18.2. The molecule has 0 aromatic heterocycles. The van der Waals surface area contributed by atoms with Crippen LogP contribution in [-0.2, 0) is 0 Å². The highest BCUT2D eigenvalue weighted by Crippen LogP contribution is 2.11. The van der Waals surface area contributed by atoms with Crippen LogP contribution in [0.4, 0.5) is 0 Å². The number of nitriles is 3. The molecular weight excluding hydrogens is 168 g/mol. The molecule has 0 aromatic carbocycles. The van der Waals surface area contributed by atoms with Crippen LogP contribution in [0.5, 0.6) is 0 Å². The fourth-order valence-electron chi connectivity index (χ4n) is 1.04. The summed E-state index contributed by atoms with van der Waals surface area (Å²) in [6, 6.07) is 5.06. The van der Waals surface area contributed by atoms with Crippen molar-refractivity contribution in [2.24, 2.45) is 0 Å². The van der Waals surface area contributed by atoms with Crippen LogP contribution in [-0.4, -0.2) is 23.6 Å². The second-order valence-electron chi connectivity index (χ2n) is 2.59. The molecule has 1 aliphatic heterocycles. The van der Waals surface area contributed by atoms with E-state index in [4.69, 9.17) is 15.8 Å². The summed E-state index contributed by atoms with van der Waals surface area (Å²) in [6.45, 7) is 1.26. The minimum Gasteiger partial charge on any atom is -0.244 e. The molecule has 6 heteroatoms. The Morgan fingerprint density at radius 3 is 2.15 bits per heavy atom. The second kappa shape index (κ2) is 3.84. The Kier molecular flexibility index (Phi) is 2.79. The Morgan fingerprint density at radius 1 is 1.15 bits per heavy atom. The van der Waals surface area contributed by atoms with Crippen LogP contribution in [0, 0.1) is 34.0 Å². The van der Waals surface area contributed by atoms with Crippen LogP contribution in [0.25, 0.3) is 0 Å². The van der Waals surface area contributed by atoms with E-state index < -0.39 is 5.54 Å². The third-order valence-electron chi connectivity index (χ3n) is 1.79. The fourth-order valence-corrected chi connectivity index (χ4v) is 1.04. The third-order valence-corrected chi connectivity index (χ3v) is 1.79. The summed E-state index contributed by atoms with van der Waals surface area (Å²) >= 11 is 0. The average Bonchev–Trinajstić information content (AvgIpc) is 2.23. The first kappa shape index (κ1) is 9.44. The first-order valence-electron chi connectivity index (χ1n) is 3.79. The van der Waals surface area contributed by atoms with Gasteiger partial charge in [-0.2, -0.15) is 26.3 Å². The molecule has 0 aromatic rings. The van der Waals surface area contributed by atoms with Gasteiger partial charge in [0.2, 0.25) is 0 Å². The van der Waals surface area contributed by atoms with Crippen molar-refractivity contribution in [1.29, 1.82) is 15.8 Å². The average molecular weight is 176 g/mol. The Hall–Kier alpha value is -1.65. The lowest BCUT2D eigenvalue weighted by Gasteiger charge is -2.32. The Balaban J connectivity index is 2.84. The lowest BCUT2D eigenvalue weighted by molar-refractivity contribution is 0.0818. The molecule has 0 unspecified atom stereocenters. The van der Waals surface area contributed by atoms with Crippen molar-refractivity contribution in [3.05, 3.63) is 0 Å². The van der Waals surface area contributed by atoms with Gasteiger partial charge in [0.25, 0.3) is 5.54 Å². The molecule has 0 amide bonds. The van der Waals surface area contributed by atoms with E-state index in [0.717, 1.165) is 13.0 Å². The Morgan fingerprint density at radius 2 is 1.77 bits per heavy atom. The highest BCUT2D eigenvalue weighted by Gasteiger charge is 2.38. The molecule has 66 valence electrons. The van der Waals surface area contributed by atoms with Gasteiger partial charge in [-0.25, -0.2) is 5.43 Å². The van der Waals surface area contributed by atoms with Gasteiger partial charge >= 0.3 is 0 Å². The highest BCUT2D eigenvalue weighted by atomic mass is 15.7. The summed E-state index contributed by atoms with van der Waals surface area (Å²) in [5, 5.41) is 27.5. The molecular formula is C7H8N6. The van der Waals surface area contributed by atoms with Crippen molar-refractivity contribution in [3.8, 4) is 18.2 Å². The van der Waals surface area contributed by atoms with Crippen LogP contribution >= 0.6 is 0 Å². The van der Waals surface area contributed by atoms with Crippen LogP contribution in [0.15, 0.2) is 0 Å². The summed E-state index contributed by atoms with van der Waals surface area (Å²) in [5.41, 5.74) is 3.67. The summed E-state index contributed by atoms with van der Waals surface area (Å²) in [5.74, 6) is 0. The molecule has 0 aliphatic carbocycles. The molecule has 1 rings (SSSR count). The summed E-state index contributed by atoms with van der Waals surface area (Å²) < 4.78 is 0. The quantitative estimate of drug-likeness (QED) is 0.532. The van der Waals surface area contributed by atoms with Gasteiger partial charge in [-0.15, -0.1) is 0 Å². The number of nitrogens with zero attached hydrogens (tertiary/aromatic N) is 4. The smallest absolute Gasteiger partial charge is 0.244 e. The summed E-state index contributed by atoms with van der Waals surface area (Å²) in [4.78, 5) is 0. The summed E-state index contributed by atoms with van der Waals surface area (Å²) in [7, 11) is 0. The maximum Gasteiger partial charge on any atom is 0.295 e. The molecule has 13 heavy (non-hydrogen) atoms. The molecule has 6 nitrogen and oxygen atoms in total. The Labute approximate surface area is 75.9 Å². The van der Waals surface area contributed by atoms with Gasteiger partial charge in [0.1, 0.15) is 18.2 Å². The van der Waals surface area contributed by atoms with Gasteiger partial charge in [-0.3, -0.25) is 0 Å². The minimum absolute atomic E-state index is 0.502. The number of hydrogen-bond acceptors (Lipinski definition) is 6. The van der Waals surface area contributed by atoms with Crippen LogP contribution in [0.1, 0.15) is 6.42 Å². The molecule has 0 saturated carbocycles. The molecule has 1 aliphatic rings. The predicted octanol–water partition coefficient (Wildman–Crippen LogP) is -0.989. The van der Waals surface area contributed by atoms with Crippen molar-refractivity contribution in [2.45, 2.75) is 12.0 Å². The van der Waals surface area contributed by atoms with Gasteiger partial charge in [0, 0.05) is 13.1 Å². The topological polar surface area (TPSA) is 98.7 Å². The van der Waals surface area contributed by atoms with Crippen molar-refractivity contribution in [2.75, 3.05) is 13.1 Å². The van der Waals surface area contributed by atoms with Gasteiger partial charge in [0.05, 0.1) is 0 Å². The maximum atomic E-state index is 8.72. The molecule has 0 bridgehead atoms. The lowest BCUT2D eigenvalue weighted by atomic mass is 10.1. The standard InChI is InChI=1S/C7H8N6/c8-4-7(5-9,6-10)13-3-1-2-11-12-13/h11-12H,1-3H2. The number of rotatable bonds is 1. The number of hydrazine groups is 2. The Bertz CT molecular complexity index is 260. The molecule has 1 heterocycles. The number of nitrogens with one attached hydrogen (secondary N) is 2. The minimum atomic E-state index is -1.73. The van der Waals surface area contributed by atoms with E-state index in [1.165, 1.54) is 5.01 Å². The first-order chi connectivity index (χ1) is 6.29. The van der Waals surface area contributed by atoms with Gasteiger partial charge in [-0.05, 0) is 6.42 Å². The lowest BCUT2D eigenvalue weighted by Crippen LogP contribution is -2.61. The molecule has 2 N–H and O–H groups in total. The van der Waals surface area contributed by atoms with Crippen LogP contribution in [0.3, 0.4) is 0 Å². The van der Waals surface area contributed by atoms with Crippen molar-refractivity contribution in [1.82, 2.24) is 16.0 Å². The predicted molar refractivity (Wildman–Crippen MR) is 42.0 cm³/mol. The molecule has 0 spiro atoms.